The SMILES string of the molecule is Cc1ccc2c(c1Cl)CCCN2. The van der Waals surface area contributed by atoms with Crippen LogP contribution in [0.15, 0.2) is 12.1 Å². The Morgan fingerprint density at radius 2 is 2.25 bits per heavy atom. The van der Waals surface area contributed by atoms with Gasteiger partial charge in [0, 0.05) is 17.3 Å². The Bertz CT molecular complexity index is 307. The third kappa shape index (κ3) is 1.18. The molecular formula is C10H12ClN. The Morgan fingerprint density at radius 1 is 1.42 bits per heavy atom. The topological polar surface area (TPSA) is 12.0 Å². The minimum absolute atomic E-state index is 0.944. The lowest BCUT2D eigenvalue weighted by Crippen LogP contribution is -2.12. The molecule has 0 unspecified atom stereocenters. The maximum atomic E-state index is 6.17. The molecule has 0 saturated heterocycles. The Morgan fingerprint density at radius 3 is 3.08 bits per heavy atom. The van der Waals surface area contributed by atoms with E-state index in [1.807, 2.05) is 0 Å². The summed E-state index contributed by atoms with van der Waals surface area (Å²) in [6.45, 7) is 3.13. The highest BCUT2D eigenvalue weighted by Crippen LogP contribution is 2.31. The summed E-state index contributed by atoms with van der Waals surface area (Å²) in [5.41, 5.74) is 3.69. The molecule has 1 nitrogen and oxygen atoms in total. The van der Waals surface area contributed by atoms with Crippen LogP contribution in [0.1, 0.15) is 17.5 Å². The zero-order valence-electron chi connectivity index (χ0n) is 7.15. The second-order valence-electron chi connectivity index (χ2n) is 3.25. The van der Waals surface area contributed by atoms with E-state index in [2.05, 4.69) is 24.4 Å². The Balaban J connectivity index is 2.54. The molecule has 1 aromatic carbocycles. The Kier molecular flexibility index (Phi) is 1.97. The summed E-state index contributed by atoms with van der Waals surface area (Å²) in [7, 11) is 0. The monoisotopic (exact) mass is 181 g/mol. The summed E-state index contributed by atoms with van der Waals surface area (Å²) in [6.07, 6.45) is 2.30. The summed E-state index contributed by atoms with van der Waals surface area (Å²) in [6, 6.07) is 4.19. The molecule has 0 saturated carbocycles. The predicted octanol–water partition coefficient (Wildman–Crippen LogP) is 3.01. The zero-order chi connectivity index (χ0) is 8.55. The summed E-state index contributed by atoms with van der Waals surface area (Å²) in [5.74, 6) is 0. The van der Waals surface area contributed by atoms with Gasteiger partial charge in [0.05, 0.1) is 0 Å². The van der Waals surface area contributed by atoms with Crippen LogP contribution in [0.3, 0.4) is 0 Å². The van der Waals surface area contributed by atoms with Crippen LogP contribution in [0.25, 0.3) is 0 Å². The fourth-order valence-electron chi connectivity index (χ4n) is 1.64. The van der Waals surface area contributed by atoms with Gasteiger partial charge in [-0.1, -0.05) is 17.7 Å². The average Bonchev–Trinajstić information content (AvgIpc) is 2.12. The minimum Gasteiger partial charge on any atom is -0.385 e. The van der Waals surface area contributed by atoms with Gasteiger partial charge in [-0.2, -0.15) is 0 Å². The molecule has 0 amide bonds. The highest BCUT2D eigenvalue weighted by atomic mass is 35.5. The van der Waals surface area contributed by atoms with Crippen LogP contribution >= 0.6 is 11.6 Å². The molecule has 0 bridgehead atoms. The number of anilines is 1. The first-order chi connectivity index (χ1) is 5.79. The van der Waals surface area contributed by atoms with Gasteiger partial charge in [-0.25, -0.2) is 0 Å². The summed E-state index contributed by atoms with van der Waals surface area (Å²) in [5, 5.41) is 4.29. The molecule has 12 heavy (non-hydrogen) atoms. The Labute approximate surface area is 77.7 Å². The van der Waals surface area contributed by atoms with Crippen molar-refractivity contribution in [3.05, 3.63) is 28.3 Å². The largest absolute Gasteiger partial charge is 0.385 e. The molecule has 2 heteroatoms. The molecule has 1 N–H and O–H groups in total. The minimum atomic E-state index is 0.944. The number of aryl methyl sites for hydroxylation is 1. The third-order valence-electron chi connectivity index (χ3n) is 2.36. The standard InChI is InChI=1S/C10H12ClN/c1-7-4-5-9-8(10(7)11)3-2-6-12-9/h4-5,12H,2-3,6H2,1H3. The van der Waals surface area contributed by atoms with E-state index < -0.39 is 0 Å². The van der Waals surface area contributed by atoms with Crippen molar-refractivity contribution in [1.29, 1.82) is 0 Å². The molecule has 1 aliphatic rings. The van der Waals surface area contributed by atoms with Gasteiger partial charge in [-0.3, -0.25) is 0 Å². The van der Waals surface area contributed by atoms with Crippen LogP contribution in [0, 0.1) is 6.92 Å². The van der Waals surface area contributed by atoms with E-state index in [1.165, 1.54) is 23.2 Å². The van der Waals surface area contributed by atoms with E-state index >= 15 is 0 Å². The molecule has 0 aromatic heterocycles. The van der Waals surface area contributed by atoms with Gasteiger partial charge in [0.2, 0.25) is 0 Å². The van der Waals surface area contributed by atoms with Gasteiger partial charge in [-0.05, 0) is 37.0 Å². The van der Waals surface area contributed by atoms with Crippen LogP contribution in [0.2, 0.25) is 5.02 Å². The summed E-state index contributed by atoms with van der Waals surface area (Å²) >= 11 is 6.17. The highest BCUT2D eigenvalue weighted by Gasteiger charge is 2.12. The molecule has 0 spiro atoms. The van der Waals surface area contributed by atoms with Gasteiger partial charge >= 0.3 is 0 Å². The third-order valence-corrected chi connectivity index (χ3v) is 2.88. The number of rotatable bonds is 0. The van der Waals surface area contributed by atoms with Crippen molar-refractivity contribution in [2.75, 3.05) is 11.9 Å². The lowest BCUT2D eigenvalue weighted by molar-refractivity contribution is 0.829. The van der Waals surface area contributed by atoms with E-state index in [0.29, 0.717) is 0 Å². The van der Waals surface area contributed by atoms with E-state index in [1.54, 1.807) is 0 Å². The normalized spacial score (nSPS) is 15.2. The van der Waals surface area contributed by atoms with Crippen LogP contribution in [-0.2, 0) is 6.42 Å². The van der Waals surface area contributed by atoms with E-state index in [4.69, 9.17) is 11.6 Å². The lowest BCUT2D eigenvalue weighted by atomic mass is 10.0. The summed E-state index contributed by atoms with van der Waals surface area (Å²) in [4.78, 5) is 0. The molecule has 0 fully saturated rings. The molecule has 2 rings (SSSR count). The van der Waals surface area contributed by atoms with Crippen LogP contribution < -0.4 is 5.32 Å². The van der Waals surface area contributed by atoms with Crippen molar-refractivity contribution in [3.8, 4) is 0 Å². The number of hydrogen-bond acceptors (Lipinski definition) is 1. The fourth-order valence-corrected chi connectivity index (χ4v) is 1.90. The molecule has 0 radical (unpaired) electrons. The van der Waals surface area contributed by atoms with Gasteiger partial charge in [0.15, 0.2) is 0 Å². The molecule has 0 aliphatic carbocycles. The maximum Gasteiger partial charge on any atom is 0.0487 e. The number of benzene rings is 1. The quantitative estimate of drug-likeness (QED) is 0.649. The van der Waals surface area contributed by atoms with Crippen LogP contribution in [0.4, 0.5) is 5.69 Å². The maximum absolute atomic E-state index is 6.17. The van der Waals surface area contributed by atoms with Crippen LogP contribution in [0.5, 0.6) is 0 Å². The number of fused-ring (bicyclic) bond motifs is 1. The average molecular weight is 182 g/mol. The molecule has 1 aliphatic heterocycles. The van der Waals surface area contributed by atoms with Crippen molar-refractivity contribution in [3.63, 3.8) is 0 Å². The number of hydrogen-bond donors (Lipinski definition) is 1. The van der Waals surface area contributed by atoms with Crippen molar-refractivity contribution >= 4 is 17.3 Å². The van der Waals surface area contributed by atoms with E-state index in [9.17, 15) is 0 Å². The van der Waals surface area contributed by atoms with E-state index in [-0.39, 0.29) is 0 Å². The van der Waals surface area contributed by atoms with Gasteiger partial charge in [0.1, 0.15) is 0 Å². The van der Waals surface area contributed by atoms with Crippen molar-refractivity contribution in [2.45, 2.75) is 19.8 Å². The van der Waals surface area contributed by atoms with Crippen molar-refractivity contribution in [1.82, 2.24) is 0 Å². The molecular weight excluding hydrogens is 170 g/mol. The van der Waals surface area contributed by atoms with Gasteiger partial charge in [-0.15, -0.1) is 0 Å². The predicted molar refractivity (Wildman–Crippen MR) is 53.0 cm³/mol. The summed E-state index contributed by atoms with van der Waals surface area (Å²) < 4.78 is 0. The van der Waals surface area contributed by atoms with E-state index in [0.717, 1.165) is 18.0 Å². The lowest BCUT2D eigenvalue weighted by Gasteiger charge is -2.19. The second-order valence-corrected chi connectivity index (χ2v) is 3.63. The first kappa shape index (κ1) is 7.93. The van der Waals surface area contributed by atoms with Crippen molar-refractivity contribution in [2.24, 2.45) is 0 Å². The zero-order valence-corrected chi connectivity index (χ0v) is 7.91. The second kappa shape index (κ2) is 2.98. The van der Waals surface area contributed by atoms with Gasteiger partial charge < -0.3 is 5.32 Å². The Hall–Kier alpha value is -0.690. The molecule has 64 valence electrons. The smallest absolute Gasteiger partial charge is 0.0487 e. The first-order valence-electron chi connectivity index (χ1n) is 4.31. The fraction of sp³-hybridized carbons (Fsp3) is 0.400. The number of halogens is 1. The van der Waals surface area contributed by atoms with Crippen LogP contribution in [-0.4, -0.2) is 6.54 Å². The van der Waals surface area contributed by atoms with Gasteiger partial charge in [0.25, 0.3) is 0 Å². The molecule has 1 aromatic rings. The molecule has 1 heterocycles. The first-order valence-corrected chi connectivity index (χ1v) is 4.68. The number of nitrogens with one attached hydrogen (secondary N) is 1. The van der Waals surface area contributed by atoms with Crippen molar-refractivity contribution < 1.29 is 0 Å². The molecule has 0 atom stereocenters. The highest BCUT2D eigenvalue weighted by molar-refractivity contribution is 6.32.